The van der Waals surface area contributed by atoms with Crippen molar-refractivity contribution in [2.24, 2.45) is 4.99 Å². The fourth-order valence-electron chi connectivity index (χ4n) is 4.90. The third-order valence-electron chi connectivity index (χ3n) is 6.32. The molecule has 2 fully saturated rings. The Balaban J connectivity index is 0.00000289. The standard InChI is InChI=1S/C24H31N5O2.HI/c1-2-25-24(26-16-19-9-6-10-23(13-19)29(30)31)27-20-14-21-11-12-22(15-20)28(21)17-18-7-4-3-5-8-18;/h3-10,13,20-22H,2,11-12,14-17H2,1H3,(H2,25,26,27);1H. The largest absolute Gasteiger partial charge is 0.357 e. The summed E-state index contributed by atoms with van der Waals surface area (Å²) in [4.78, 5) is 18.0. The molecule has 2 aromatic carbocycles. The highest BCUT2D eigenvalue weighted by molar-refractivity contribution is 14.0. The third kappa shape index (κ3) is 6.19. The van der Waals surface area contributed by atoms with Crippen LogP contribution in [0.2, 0.25) is 0 Å². The first-order valence-corrected chi connectivity index (χ1v) is 11.2. The van der Waals surface area contributed by atoms with Gasteiger partial charge in [-0.3, -0.25) is 15.0 Å². The molecule has 2 atom stereocenters. The molecule has 0 radical (unpaired) electrons. The monoisotopic (exact) mass is 549 g/mol. The fourth-order valence-corrected chi connectivity index (χ4v) is 4.90. The van der Waals surface area contributed by atoms with Crippen molar-refractivity contribution in [3.05, 3.63) is 75.8 Å². The maximum atomic E-state index is 11.0. The minimum atomic E-state index is -0.365. The zero-order valence-corrected chi connectivity index (χ0v) is 20.8. The lowest BCUT2D eigenvalue weighted by molar-refractivity contribution is -0.384. The molecule has 7 nitrogen and oxygen atoms in total. The van der Waals surface area contributed by atoms with Gasteiger partial charge in [-0.25, -0.2) is 4.99 Å². The number of rotatable bonds is 7. The maximum Gasteiger partial charge on any atom is 0.269 e. The van der Waals surface area contributed by atoms with Crippen LogP contribution in [0.5, 0.6) is 0 Å². The van der Waals surface area contributed by atoms with Gasteiger partial charge in [-0.15, -0.1) is 24.0 Å². The highest BCUT2D eigenvalue weighted by Crippen LogP contribution is 2.36. The molecule has 0 amide bonds. The van der Waals surface area contributed by atoms with E-state index in [0.717, 1.165) is 37.5 Å². The highest BCUT2D eigenvalue weighted by Gasteiger charge is 2.40. The molecule has 2 N–H and O–H groups in total. The lowest BCUT2D eigenvalue weighted by Gasteiger charge is -2.39. The van der Waals surface area contributed by atoms with Crippen molar-refractivity contribution in [2.45, 2.75) is 63.8 Å². The molecule has 4 rings (SSSR count). The minimum Gasteiger partial charge on any atom is -0.357 e. The number of guanidine groups is 1. The van der Waals surface area contributed by atoms with Gasteiger partial charge in [0, 0.05) is 43.3 Å². The van der Waals surface area contributed by atoms with Gasteiger partial charge in [0.2, 0.25) is 0 Å². The van der Waals surface area contributed by atoms with Gasteiger partial charge in [0.15, 0.2) is 5.96 Å². The number of piperidine rings is 1. The number of halogens is 1. The van der Waals surface area contributed by atoms with Crippen molar-refractivity contribution in [3.8, 4) is 0 Å². The van der Waals surface area contributed by atoms with Crippen molar-refractivity contribution in [1.82, 2.24) is 15.5 Å². The van der Waals surface area contributed by atoms with Crippen LogP contribution in [0.3, 0.4) is 0 Å². The predicted octanol–water partition coefficient (Wildman–Crippen LogP) is 4.46. The van der Waals surface area contributed by atoms with Crippen LogP contribution in [-0.4, -0.2) is 40.5 Å². The molecular weight excluding hydrogens is 517 g/mol. The van der Waals surface area contributed by atoms with Crippen molar-refractivity contribution in [1.29, 1.82) is 0 Å². The van der Waals surface area contributed by atoms with E-state index in [1.54, 1.807) is 12.1 Å². The fraction of sp³-hybridized carbons (Fsp3) is 0.458. The van der Waals surface area contributed by atoms with Gasteiger partial charge < -0.3 is 10.6 Å². The van der Waals surface area contributed by atoms with Crippen LogP contribution in [0, 0.1) is 10.1 Å². The van der Waals surface area contributed by atoms with Crippen LogP contribution in [0.1, 0.15) is 43.7 Å². The molecule has 172 valence electrons. The second-order valence-electron chi connectivity index (χ2n) is 8.48. The summed E-state index contributed by atoms with van der Waals surface area (Å²) >= 11 is 0. The van der Waals surface area contributed by atoms with E-state index in [1.165, 1.54) is 24.5 Å². The number of benzene rings is 2. The zero-order chi connectivity index (χ0) is 21.6. The van der Waals surface area contributed by atoms with Gasteiger partial charge in [0.05, 0.1) is 11.5 Å². The Morgan fingerprint density at radius 3 is 2.44 bits per heavy atom. The molecule has 2 saturated heterocycles. The van der Waals surface area contributed by atoms with E-state index in [-0.39, 0.29) is 34.6 Å². The second-order valence-corrected chi connectivity index (χ2v) is 8.48. The maximum absolute atomic E-state index is 11.0. The molecule has 2 aliphatic rings. The first-order chi connectivity index (χ1) is 15.1. The Labute approximate surface area is 206 Å². The Morgan fingerprint density at radius 1 is 1.09 bits per heavy atom. The molecule has 0 saturated carbocycles. The van der Waals surface area contributed by atoms with Gasteiger partial charge >= 0.3 is 0 Å². The first kappa shape index (κ1) is 24.4. The molecule has 0 spiro atoms. The average molecular weight is 549 g/mol. The number of hydrogen-bond donors (Lipinski definition) is 2. The number of nitro benzene ring substituents is 1. The van der Waals surface area contributed by atoms with Crippen LogP contribution in [0.15, 0.2) is 59.6 Å². The summed E-state index contributed by atoms with van der Waals surface area (Å²) in [6.45, 7) is 4.28. The molecule has 8 heteroatoms. The number of aliphatic imine (C=N–C) groups is 1. The lowest BCUT2D eigenvalue weighted by atomic mass is 9.96. The number of fused-ring (bicyclic) bond motifs is 2. The number of nitro groups is 1. The van der Waals surface area contributed by atoms with Gasteiger partial charge in [-0.1, -0.05) is 42.5 Å². The smallest absolute Gasteiger partial charge is 0.269 e. The van der Waals surface area contributed by atoms with Gasteiger partial charge in [0.1, 0.15) is 0 Å². The molecule has 0 aromatic heterocycles. The van der Waals surface area contributed by atoms with E-state index < -0.39 is 0 Å². The molecule has 2 aromatic rings. The minimum absolute atomic E-state index is 0. The van der Waals surface area contributed by atoms with E-state index in [4.69, 9.17) is 4.99 Å². The number of non-ortho nitro benzene ring substituents is 1. The number of hydrogen-bond acceptors (Lipinski definition) is 4. The SMILES string of the molecule is CCNC(=NCc1cccc([N+](=O)[O-])c1)NC1CC2CCC(C1)N2Cc1ccccc1.I. The predicted molar refractivity (Wildman–Crippen MR) is 138 cm³/mol. The molecule has 32 heavy (non-hydrogen) atoms. The van der Waals surface area contributed by atoms with Gasteiger partial charge in [-0.2, -0.15) is 0 Å². The van der Waals surface area contributed by atoms with Crippen LogP contribution in [0.4, 0.5) is 5.69 Å². The molecule has 0 aliphatic carbocycles. The molecular formula is C24H32IN5O2. The van der Waals surface area contributed by atoms with Crippen molar-refractivity contribution >= 4 is 35.6 Å². The summed E-state index contributed by atoms with van der Waals surface area (Å²) in [5.74, 6) is 0.787. The molecule has 2 unspecified atom stereocenters. The molecule has 2 heterocycles. The number of nitrogens with zero attached hydrogens (tertiary/aromatic N) is 3. The zero-order valence-electron chi connectivity index (χ0n) is 18.4. The van der Waals surface area contributed by atoms with Crippen LogP contribution in [-0.2, 0) is 13.1 Å². The van der Waals surface area contributed by atoms with Crippen LogP contribution < -0.4 is 10.6 Å². The highest BCUT2D eigenvalue weighted by atomic mass is 127. The first-order valence-electron chi connectivity index (χ1n) is 11.2. The van der Waals surface area contributed by atoms with Crippen molar-refractivity contribution in [2.75, 3.05) is 6.54 Å². The Hall–Kier alpha value is -2.20. The third-order valence-corrected chi connectivity index (χ3v) is 6.32. The topological polar surface area (TPSA) is 82.8 Å². The van der Waals surface area contributed by atoms with Crippen LogP contribution >= 0.6 is 24.0 Å². The number of nitrogens with one attached hydrogen (secondary N) is 2. The normalized spacial score (nSPS) is 22.8. The summed E-state index contributed by atoms with van der Waals surface area (Å²) in [7, 11) is 0. The van der Waals surface area contributed by atoms with Gasteiger partial charge in [-0.05, 0) is 43.7 Å². The lowest BCUT2D eigenvalue weighted by Crippen LogP contribution is -2.52. The Bertz CT molecular complexity index is 910. The Kier molecular flexibility index (Phi) is 8.86. The van der Waals surface area contributed by atoms with Crippen LogP contribution in [0.25, 0.3) is 0 Å². The van der Waals surface area contributed by atoms with E-state index in [0.29, 0.717) is 24.7 Å². The van der Waals surface area contributed by atoms with E-state index >= 15 is 0 Å². The summed E-state index contributed by atoms with van der Waals surface area (Å²) in [6, 6.07) is 19.0. The quantitative estimate of drug-likeness (QED) is 0.175. The molecule has 2 bridgehead atoms. The van der Waals surface area contributed by atoms with Crippen molar-refractivity contribution < 1.29 is 4.92 Å². The second kappa shape index (κ2) is 11.6. The van der Waals surface area contributed by atoms with Crippen molar-refractivity contribution in [3.63, 3.8) is 0 Å². The average Bonchev–Trinajstić information content (AvgIpc) is 3.01. The summed E-state index contributed by atoms with van der Waals surface area (Å²) < 4.78 is 0. The summed E-state index contributed by atoms with van der Waals surface area (Å²) in [5, 5.41) is 18.0. The van der Waals surface area contributed by atoms with E-state index in [1.807, 2.05) is 6.07 Å². The summed E-state index contributed by atoms with van der Waals surface area (Å²) in [6.07, 6.45) is 4.75. The molecule has 2 aliphatic heterocycles. The summed E-state index contributed by atoms with van der Waals surface area (Å²) in [5.41, 5.74) is 2.33. The van der Waals surface area contributed by atoms with E-state index in [2.05, 4.69) is 52.8 Å². The Morgan fingerprint density at radius 2 is 1.78 bits per heavy atom. The van der Waals surface area contributed by atoms with Gasteiger partial charge in [0.25, 0.3) is 5.69 Å². The van der Waals surface area contributed by atoms with E-state index in [9.17, 15) is 10.1 Å².